The maximum absolute atomic E-state index is 13.2. The first-order valence-electron chi connectivity index (χ1n) is 13.5. The van der Waals surface area contributed by atoms with Gasteiger partial charge >= 0.3 is 5.97 Å². The maximum atomic E-state index is 13.2. The number of halogens is 2. The standard InChI is InChI=1S/C30H26Cl2N8O4/c1-44-29(43)14-18-7-10-21-24(13-18)35-27(41)6-4-2-3-5-23(22-16-25(21)36-37-30(22)32)34-28(42)12-8-19-15-20(31)9-11-26(19)40-17-33-38-39-40/h2-3,7-13,15-17,23H,4-6,14H2,1H3,(H,34,42)(H,35,41)/b3-2+,12-8+. The summed E-state index contributed by atoms with van der Waals surface area (Å²) in [5, 5.41) is 26.2. The van der Waals surface area contributed by atoms with E-state index in [0.29, 0.717) is 57.2 Å². The van der Waals surface area contributed by atoms with Gasteiger partial charge in [-0.2, -0.15) is 4.68 Å². The Labute approximate surface area is 262 Å². The van der Waals surface area contributed by atoms with Gasteiger partial charge in [0.2, 0.25) is 11.8 Å². The molecule has 0 radical (unpaired) electrons. The van der Waals surface area contributed by atoms with Gasteiger partial charge in [-0.3, -0.25) is 14.4 Å². The normalized spacial score (nSPS) is 15.7. The Bertz CT molecular complexity index is 1760. The number of hydrogen-bond acceptors (Lipinski definition) is 9. The molecule has 1 aliphatic rings. The molecule has 14 heteroatoms. The van der Waals surface area contributed by atoms with Gasteiger partial charge in [0.1, 0.15) is 6.33 Å². The van der Waals surface area contributed by atoms with Gasteiger partial charge in [-0.05, 0) is 65.2 Å². The van der Waals surface area contributed by atoms with Crippen molar-refractivity contribution in [2.75, 3.05) is 12.4 Å². The van der Waals surface area contributed by atoms with Crippen LogP contribution in [0.25, 0.3) is 23.0 Å². The molecule has 3 heterocycles. The van der Waals surface area contributed by atoms with Gasteiger partial charge in [0.25, 0.3) is 0 Å². The molecule has 0 spiro atoms. The highest BCUT2D eigenvalue weighted by Crippen LogP contribution is 2.33. The van der Waals surface area contributed by atoms with Crippen molar-refractivity contribution in [1.29, 1.82) is 0 Å². The Kier molecular flexibility index (Phi) is 9.72. The van der Waals surface area contributed by atoms with E-state index in [-0.39, 0.29) is 23.9 Å². The first-order chi connectivity index (χ1) is 21.3. The number of ether oxygens (including phenoxy) is 1. The van der Waals surface area contributed by atoms with Crippen LogP contribution in [0.5, 0.6) is 0 Å². The first kappa shape index (κ1) is 30.5. The second kappa shape index (κ2) is 14.0. The fraction of sp³-hybridized carbons (Fsp3) is 0.200. The number of benzene rings is 2. The molecule has 12 nitrogen and oxygen atoms in total. The molecule has 224 valence electrons. The Morgan fingerprint density at radius 3 is 2.80 bits per heavy atom. The summed E-state index contributed by atoms with van der Waals surface area (Å²) >= 11 is 12.7. The van der Waals surface area contributed by atoms with E-state index in [1.54, 1.807) is 48.5 Å². The monoisotopic (exact) mass is 632 g/mol. The number of fused-ring (bicyclic) bond motifs is 4. The summed E-state index contributed by atoms with van der Waals surface area (Å²) in [6.45, 7) is 0. The zero-order chi connectivity index (χ0) is 31.1. The van der Waals surface area contributed by atoms with Crippen LogP contribution in [0.2, 0.25) is 10.2 Å². The van der Waals surface area contributed by atoms with Crippen LogP contribution >= 0.6 is 23.2 Å². The van der Waals surface area contributed by atoms with E-state index in [2.05, 4.69) is 36.4 Å². The van der Waals surface area contributed by atoms with Crippen LogP contribution in [0.15, 0.2) is 67.0 Å². The lowest BCUT2D eigenvalue weighted by Gasteiger charge is -2.19. The predicted molar refractivity (Wildman–Crippen MR) is 164 cm³/mol. The van der Waals surface area contributed by atoms with Crippen LogP contribution in [-0.4, -0.2) is 55.3 Å². The zero-order valence-corrected chi connectivity index (χ0v) is 24.9. The van der Waals surface area contributed by atoms with Crippen molar-refractivity contribution in [3.63, 3.8) is 0 Å². The highest BCUT2D eigenvalue weighted by molar-refractivity contribution is 6.31. The summed E-state index contributed by atoms with van der Waals surface area (Å²) in [6.07, 6.45) is 9.30. The largest absolute Gasteiger partial charge is 0.469 e. The molecule has 0 saturated heterocycles. The fourth-order valence-electron chi connectivity index (χ4n) is 4.60. The van der Waals surface area contributed by atoms with E-state index >= 15 is 0 Å². The molecule has 1 aliphatic heterocycles. The summed E-state index contributed by atoms with van der Waals surface area (Å²) in [5.74, 6) is -1.01. The van der Waals surface area contributed by atoms with Crippen molar-refractivity contribution < 1.29 is 19.1 Å². The van der Waals surface area contributed by atoms with Crippen LogP contribution in [0, 0.1) is 0 Å². The molecular formula is C30H26Cl2N8O4. The van der Waals surface area contributed by atoms with Gasteiger partial charge in [-0.25, -0.2) is 0 Å². The molecule has 0 aliphatic carbocycles. The summed E-state index contributed by atoms with van der Waals surface area (Å²) in [4.78, 5) is 37.8. The molecule has 5 rings (SSSR count). The number of hydrogen-bond donors (Lipinski definition) is 2. The van der Waals surface area contributed by atoms with Gasteiger partial charge in [-0.15, -0.1) is 15.3 Å². The fourth-order valence-corrected chi connectivity index (χ4v) is 5.00. The molecule has 2 N–H and O–H groups in total. The molecule has 2 amide bonds. The SMILES string of the molecule is COC(=O)Cc1ccc2c(c1)NC(=O)CC/C=C/CC(NC(=O)/C=C/c1cc(Cl)ccc1-n1cnnn1)c1cc-2nnc1Cl. The lowest BCUT2D eigenvalue weighted by molar-refractivity contribution is -0.139. The quantitative estimate of drug-likeness (QED) is 0.175. The topological polar surface area (TPSA) is 154 Å². The molecule has 2 aromatic carbocycles. The minimum Gasteiger partial charge on any atom is -0.469 e. The number of anilines is 1. The Morgan fingerprint density at radius 1 is 1.14 bits per heavy atom. The summed E-state index contributed by atoms with van der Waals surface area (Å²) in [5.41, 5.74) is 3.91. The van der Waals surface area contributed by atoms with Gasteiger partial charge in [-0.1, -0.05) is 47.5 Å². The number of methoxy groups -OCH3 is 1. The number of tetrazole rings is 1. The van der Waals surface area contributed by atoms with Crippen molar-refractivity contribution in [2.45, 2.75) is 31.7 Å². The number of rotatable bonds is 6. The second-order valence-corrected chi connectivity index (χ2v) is 10.5. The number of nitrogens with zero attached hydrogens (tertiary/aromatic N) is 6. The molecule has 0 fully saturated rings. The van der Waals surface area contributed by atoms with E-state index < -0.39 is 17.9 Å². The summed E-state index contributed by atoms with van der Waals surface area (Å²) in [6, 6.07) is 11.5. The van der Waals surface area contributed by atoms with Crippen LogP contribution in [0.4, 0.5) is 5.69 Å². The van der Waals surface area contributed by atoms with Gasteiger partial charge in [0.05, 0.1) is 36.6 Å². The Hall–Kier alpha value is -4.94. The van der Waals surface area contributed by atoms with Crippen molar-refractivity contribution in [2.24, 2.45) is 0 Å². The first-order valence-corrected chi connectivity index (χ1v) is 14.3. The number of carbonyl (C=O) groups excluding carboxylic acids is 3. The van der Waals surface area contributed by atoms with Crippen molar-refractivity contribution in [3.8, 4) is 16.9 Å². The molecule has 1 atom stereocenters. The van der Waals surface area contributed by atoms with Crippen LogP contribution in [0.1, 0.15) is 42.0 Å². The molecule has 1 unspecified atom stereocenters. The Morgan fingerprint density at radius 2 is 2.00 bits per heavy atom. The maximum Gasteiger partial charge on any atom is 0.309 e. The van der Waals surface area contributed by atoms with E-state index in [0.717, 1.165) is 0 Å². The highest BCUT2D eigenvalue weighted by Gasteiger charge is 2.21. The third-order valence-corrected chi connectivity index (χ3v) is 7.28. The second-order valence-electron chi connectivity index (χ2n) is 9.75. The minimum atomic E-state index is -0.574. The van der Waals surface area contributed by atoms with Crippen molar-refractivity contribution in [3.05, 3.63) is 93.9 Å². The van der Waals surface area contributed by atoms with E-state index in [1.807, 2.05) is 12.2 Å². The summed E-state index contributed by atoms with van der Waals surface area (Å²) < 4.78 is 6.25. The third-order valence-electron chi connectivity index (χ3n) is 6.75. The molecule has 2 aromatic heterocycles. The van der Waals surface area contributed by atoms with Gasteiger partial charge in [0.15, 0.2) is 5.15 Å². The van der Waals surface area contributed by atoms with E-state index in [4.69, 9.17) is 27.9 Å². The number of carbonyl (C=O) groups is 3. The average molecular weight is 633 g/mol. The van der Waals surface area contributed by atoms with Crippen LogP contribution in [0.3, 0.4) is 0 Å². The number of esters is 1. The van der Waals surface area contributed by atoms with Gasteiger partial charge < -0.3 is 15.4 Å². The molecule has 44 heavy (non-hydrogen) atoms. The minimum absolute atomic E-state index is 0.0357. The molecule has 4 aromatic rings. The van der Waals surface area contributed by atoms with Crippen molar-refractivity contribution >= 4 is 52.7 Å². The predicted octanol–water partition coefficient (Wildman–Crippen LogP) is 4.69. The smallest absolute Gasteiger partial charge is 0.309 e. The van der Waals surface area contributed by atoms with E-state index in [9.17, 15) is 14.4 Å². The third kappa shape index (κ3) is 7.52. The number of amides is 2. The van der Waals surface area contributed by atoms with Crippen LogP contribution in [-0.2, 0) is 25.5 Å². The summed E-state index contributed by atoms with van der Waals surface area (Å²) in [7, 11) is 1.31. The number of allylic oxidation sites excluding steroid dienone is 1. The lowest BCUT2D eigenvalue weighted by atomic mass is 10.00. The number of nitrogens with one attached hydrogen (secondary N) is 2. The highest BCUT2D eigenvalue weighted by atomic mass is 35.5. The molecular weight excluding hydrogens is 607 g/mol. The lowest BCUT2D eigenvalue weighted by Crippen LogP contribution is -2.27. The van der Waals surface area contributed by atoms with Crippen LogP contribution < -0.4 is 10.6 Å². The average Bonchev–Trinajstić information content (AvgIpc) is 3.54. The number of aromatic nitrogens is 6. The zero-order valence-electron chi connectivity index (χ0n) is 23.4. The van der Waals surface area contributed by atoms with Gasteiger partial charge in [0, 0.05) is 34.2 Å². The molecule has 0 saturated carbocycles. The van der Waals surface area contributed by atoms with E-state index in [1.165, 1.54) is 24.2 Å². The van der Waals surface area contributed by atoms with Crippen molar-refractivity contribution in [1.82, 2.24) is 35.7 Å². The molecule has 2 bridgehead atoms. The Balaban J connectivity index is 1.47.